The van der Waals surface area contributed by atoms with Gasteiger partial charge in [0.2, 0.25) is 0 Å². The average molecular weight is 229 g/mol. The van der Waals surface area contributed by atoms with Crippen LogP contribution < -0.4 is 5.32 Å². The Morgan fingerprint density at radius 3 is 2.82 bits per heavy atom. The molecule has 0 aliphatic carbocycles. The highest BCUT2D eigenvalue weighted by molar-refractivity contribution is 5.09. The van der Waals surface area contributed by atoms with Gasteiger partial charge < -0.3 is 10.4 Å². The van der Waals surface area contributed by atoms with Crippen molar-refractivity contribution in [3.05, 3.63) is 60.2 Å². The van der Waals surface area contributed by atoms with Crippen molar-refractivity contribution in [2.45, 2.75) is 12.6 Å². The topological polar surface area (TPSA) is 58.0 Å². The molecule has 2 N–H and O–H groups in total. The van der Waals surface area contributed by atoms with Crippen LogP contribution in [0.15, 0.2) is 48.9 Å². The van der Waals surface area contributed by atoms with E-state index in [9.17, 15) is 5.11 Å². The second kappa shape index (κ2) is 6.08. The predicted octanol–water partition coefficient (Wildman–Crippen LogP) is 1.30. The van der Waals surface area contributed by atoms with Crippen LogP contribution in [0, 0.1) is 0 Å². The lowest BCUT2D eigenvalue weighted by Gasteiger charge is -2.10. The van der Waals surface area contributed by atoms with Crippen LogP contribution >= 0.6 is 0 Å². The van der Waals surface area contributed by atoms with Crippen molar-refractivity contribution in [1.29, 1.82) is 0 Å². The molecule has 0 radical (unpaired) electrons. The van der Waals surface area contributed by atoms with Crippen LogP contribution in [0.5, 0.6) is 0 Å². The molecular weight excluding hydrogens is 214 g/mol. The van der Waals surface area contributed by atoms with E-state index in [0.717, 1.165) is 5.56 Å². The van der Waals surface area contributed by atoms with Crippen molar-refractivity contribution in [3.63, 3.8) is 0 Å². The Morgan fingerprint density at radius 2 is 2.12 bits per heavy atom. The summed E-state index contributed by atoms with van der Waals surface area (Å²) in [6, 6.07) is 9.40. The number of nitrogens with zero attached hydrogens (tertiary/aromatic N) is 2. The Bertz CT molecular complexity index is 433. The minimum absolute atomic E-state index is 0.478. The molecule has 4 heteroatoms. The van der Waals surface area contributed by atoms with E-state index in [1.807, 2.05) is 30.3 Å². The molecule has 2 aromatic rings. The van der Waals surface area contributed by atoms with Gasteiger partial charge in [-0.15, -0.1) is 0 Å². The molecule has 0 amide bonds. The Hall–Kier alpha value is -1.78. The molecule has 1 atom stereocenters. The fraction of sp³-hybridized carbons (Fsp3) is 0.231. The highest BCUT2D eigenvalue weighted by Gasteiger charge is 2.07. The van der Waals surface area contributed by atoms with E-state index in [4.69, 9.17) is 0 Å². The molecule has 0 aromatic carbocycles. The number of nitrogens with one attached hydrogen (secondary N) is 1. The summed E-state index contributed by atoms with van der Waals surface area (Å²) in [7, 11) is 0. The third kappa shape index (κ3) is 3.62. The molecule has 1 unspecified atom stereocenters. The Labute approximate surface area is 100 Å². The standard InChI is InChI=1S/C13H15N3O/c17-13(12-5-1-2-7-16-12)10-15-9-11-4-3-6-14-8-11/h1-8,13,15,17H,9-10H2. The molecular formula is C13H15N3O. The van der Waals surface area contributed by atoms with Gasteiger partial charge in [-0.25, -0.2) is 0 Å². The van der Waals surface area contributed by atoms with Gasteiger partial charge in [0, 0.05) is 31.7 Å². The van der Waals surface area contributed by atoms with E-state index in [0.29, 0.717) is 18.8 Å². The second-order valence-electron chi connectivity index (χ2n) is 3.76. The highest BCUT2D eigenvalue weighted by atomic mass is 16.3. The molecule has 0 saturated heterocycles. The molecule has 0 fully saturated rings. The van der Waals surface area contributed by atoms with Crippen molar-refractivity contribution in [3.8, 4) is 0 Å². The number of pyridine rings is 2. The molecule has 2 aromatic heterocycles. The second-order valence-corrected chi connectivity index (χ2v) is 3.76. The summed E-state index contributed by atoms with van der Waals surface area (Å²) < 4.78 is 0. The van der Waals surface area contributed by atoms with Crippen molar-refractivity contribution in [1.82, 2.24) is 15.3 Å². The summed E-state index contributed by atoms with van der Waals surface area (Å²) in [6.07, 6.45) is 4.65. The first-order valence-electron chi connectivity index (χ1n) is 5.55. The summed E-state index contributed by atoms with van der Waals surface area (Å²) in [4.78, 5) is 8.13. The monoisotopic (exact) mass is 229 g/mol. The average Bonchev–Trinajstić information content (AvgIpc) is 2.41. The van der Waals surface area contributed by atoms with Crippen LogP contribution in [0.4, 0.5) is 0 Å². The number of aliphatic hydroxyl groups is 1. The van der Waals surface area contributed by atoms with Gasteiger partial charge in [0.1, 0.15) is 6.10 Å². The van der Waals surface area contributed by atoms with Gasteiger partial charge >= 0.3 is 0 Å². The van der Waals surface area contributed by atoms with Crippen LogP contribution in [0.3, 0.4) is 0 Å². The smallest absolute Gasteiger partial charge is 0.108 e. The van der Waals surface area contributed by atoms with Crippen molar-refractivity contribution < 1.29 is 5.11 Å². The summed E-state index contributed by atoms with van der Waals surface area (Å²) in [5.74, 6) is 0. The summed E-state index contributed by atoms with van der Waals surface area (Å²) in [5, 5.41) is 13.0. The lowest BCUT2D eigenvalue weighted by atomic mass is 10.2. The van der Waals surface area contributed by atoms with Crippen molar-refractivity contribution in [2.24, 2.45) is 0 Å². The van der Waals surface area contributed by atoms with E-state index in [-0.39, 0.29) is 0 Å². The SMILES string of the molecule is OC(CNCc1cccnc1)c1ccccn1. The Morgan fingerprint density at radius 1 is 1.18 bits per heavy atom. The largest absolute Gasteiger partial charge is 0.385 e. The highest BCUT2D eigenvalue weighted by Crippen LogP contribution is 2.07. The maximum absolute atomic E-state index is 9.86. The van der Waals surface area contributed by atoms with E-state index in [2.05, 4.69) is 15.3 Å². The van der Waals surface area contributed by atoms with E-state index in [1.165, 1.54) is 0 Å². The maximum atomic E-state index is 9.86. The van der Waals surface area contributed by atoms with Gasteiger partial charge in [-0.1, -0.05) is 12.1 Å². The van der Waals surface area contributed by atoms with Crippen LogP contribution in [0.1, 0.15) is 17.4 Å². The first kappa shape index (κ1) is 11.7. The summed E-state index contributed by atoms with van der Waals surface area (Å²) in [6.45, 7) is 1.17. The quantitative estimate of drug-likeness (QED) is 0.811. The first-order valence-corrected chi connectivity index (χ1v) is 5.55. The number of aliphatic hydroxyl groups excluding tert-OH is 1. The third-order valence-electron chi connectivity index (χ3n) is 2.42. The molecule has 0 aliphatic heterocycles. The van der Waals surface area contributed by atoms with E-state index >= 15 is 0 Å². The lowest BCUT2D eigenvalue weighted by Crippen LogP contribution is -2.21. The summed E-state index contributed by atoms with van der Waals surface area (Å²) >= 11 is 0. The molecule has 4 nitrogen and oxygen atoms in total. The van der Waals surface area contributed by atoms with Crippen LogP contribution in [0.2, 0.25) is 0 Å². The van der Waals surface area contributed by atoms with Crippen molar-refractivity contribution in [2.75, 3.05) is 6.54 Å². The van der Waals surface area contributed by atoms with Crippen LogP contribution in [-0.4, -0.2) is 21.6 Å². The first-order chi connectivity index (χ1) is 8.36. The minimum atomic E-state index is -0.576. The molecule has 88 valence electrons. The van der Waals surface area contributed by atoms with Crippen molar-refractivity contribution >= 4 is 0 Å². The zero-order chi connectivity index (χ0) is 11.9. The molecule has 0 aliphatic rings. The van der Waals surface area contributed by atoms with E-state index in [1.54, 1.807) is 18.6 Å². The van der Waals surface area contributed by atoms with E-state index < -0.39 is 6.10 Å². The third-order valence-corrected chi connectivity index (χ3v) is 2.42. The van der Waals surface area contributed by atoms with Gasteiger partial charge in [0.25, 0.3) is 0 Å². The predicted molar refractivity (Wildman–Crippen MR) is 65.1 cm³/mol. The molecule has 0 saturated carbocycles. The van der Waals surface area contributed by atoms with Gasteiger partial charge in [0.15, 0.2) is 0 Å². The van der Waals surface area contributed by atoms with Gasteiger partial charge in [-0.2, -0.15) is 0 Å². The van der Waals surface area contributed by atoms with Gasteiger partial charge in [0.05, 0.1) is 5.69 Å². The minimum Gasteiger partial charge on any atom is -0.385 e. The number of hydrogen-bond acceptors (Lipinski definition) is 4. The van der Waals surface area contributed by atoms with Crippen LogP contribution in [0.25, 0.3) is 0 Å². The normalized spacial score (nSPS) is 12.3. The zero-order valence-electron chi connectivity index (χ0n) is 9.45. The molecule has 17 heavy (non-hydrogen) atoms. The fourth-order valence-electron chi connectivity index (χ4n) is 1.53. The molecule has 2 rings (SSSR count). The zero-order valence-corrected chi connectivity index (χ0v) is 9.45. The number of hydrogen-bond donors (Lipinski definition) is 2. The Balaban J connectivity index is 1.79. The fourth-order valence-corrected chi connectivity index (χ4v) is 1.53. The molecule has 2 heterocycles. The number of aromatic nitrogens is 2. The lowest BCUT2D eigenvalue weighted by molar-refractivity contribution is 0.169. The molecule has 0 spiro atoms. The number of rotatable bonds is 5. The Kier molecular flexibility index (Phi) is 4.18. The van der Waals surface area contributed by atoms with Gasteiger partial charge in [-0.3, -0.25) is 9.97 Å². The van der Waals surface area contributed by atoms with Crippen LogP contribution in [-0.2, 0) is 6.54 Å². The molecule has 0 bridgehead atoms. The maximum Gasteiger partial charge on any atom is 0.108 e. The van der Waals surface area contributed by atoms with Gasteiger partial charge in [-0.05, 0) is 23.8 Å². The summed E-state index contributed by atoms with van der Waals surface area (Å²) in [5.41, 5.74) is 1.78.